The minimum atomic E-state index is -0.173. The maximum absolute atomic E-state index is 12.6. The fourth-order valence-electron chi connectivity index (χ4n) is 3.04. The van der Waals surface area contributed by atoms with Crippen LogP contribution in [-0.4, -0.2) is 30.6 Å². The number of ether oxygens (including phenoxy) is 2. The number of benzene rings is 1. The molecule has 25 heavy (non-hydrogen) atoms. The average molecular weight is 340 g/mol. The monoisotopic (exact) mass is 340 g/mol. The van der Waals surface area contributed by atoms with E-state index in [0.29, 0.717) is 25.5 Å². The van der Waals surface area contributed by atoms with Crippen molar-refractivity contribution in [2.75, 3.05) is 19.8 Å². The van der Waals surface area contributed by atoms with E-state index in [4.69, 9.17) is 9.47 Å². The largest absolute Gasteiger partial charge is 0.490 e. The summed E-state index contributed by atoms with van der Waals surface area (Å²) >= 11 is 0. The summed E-state index contributed by atoms with van der Waals surface area (Å²) in [5, 5.41) is 2.97. The summed E-state index contributed by atoms with van der Waals surface area (Å²) in [5.41, 5.74) is 2.27. The van der Waals surface area contributed by atoms with Gasteiger partial charge in [-0.1, -0.05) is 29.8 Å². The molecule has 5 nitrogen and oxygen atoms in total. The summed E-state index contributed by atoms with van der Waals surface area (Å²) in [7, 11) is 0. The minimum Gasteiger partial charge on any atom is -0.490 e. The summed E-state index contributed by atoms with van der Waals surface area (Å²) < 4.78 is 11.5. The molecule has 0 saturated carbocycles. The van der Waals surface area contributed by atoms with E-state index in [2.05, 4.69) is 41.5 Å². The van der Waals surface area contributed by atoms with Gasteiger partial charge in [0.2, 0.25) is 5.91 Å². The molecular formula is C20H24N2O3. The van der Waals surface area contributed by atoms with Crippen LogP contribution < -0.4 is 10.1 Å². The molecule has 1 amide bonds. The molecule has 1 saturated heterocycles. The molecule has 1 aliphatic heterocycles. The Morgan fingerprint density at radius 2 is 2.16 bits per heavy atom. The van der Waals surface area contributed by atoms with Gasteiger partial charge in [-0.15, -0.1) is 0 Å². The molecule has 1 N–H and O–H groups in total. The zero-order valence-electron chi connectivity index (χ0n) is 14.5. The second kappa shape index (κ2) is 8.62. The topological polar surface area (TPSA) is 60.5 Å². The Bertz CT molecular complexity index is 673. The molecule has 3 rings (SSSR count). The van der Waals surface area contributed by atoms with Gasteiger partial charge in [0.1, 0.15) is 12.4 Å². The van der Waals surface area contributed by atoms with E-state index in [1.165, 1.54) is 5.56 Å². The molecule has 5 heteroatoms. The number of hydrogen-bond donors (Lipinski definition) is 1. The molecule has 1 fully saturated rings. The summed E-state index contributed by atoms with van der Waals surface area (Å²) in [6.45, 7) is 3.63. The van der Waals surface area contributed by atoms with Gasteiger partial charge < -0.3 is 14.8 Å². The highest BCUT2D eigenvalue weighted by Crippen LogP contribution is 2.33. The van der Waals surface area contributed by atoms with Crippen molar-refractivity contribution < 1.29 is 14.3 Å². The van der Waals surface area contributed by atoms with E-state index in [-0.39, 0.29) is 17.9 Å². The second-order valence-corrected chi connectivity index (χ2v) is 6.28. The summed E-state index contributed by atoms with van der Waals surface area (Å²) in [5.74, 6) is 0.574. The Labute approximate surface area is 148 Å². The Morgan fingerprint density at radius 1 is 1.32 bits per heavy atom. The van der Waals surface area contributed by atoms with Crippen molar-refractivity contribution in [1.82, 2.24) is 10.3 Å². The van der Waals surface area contributed by atoms with Crippen LogP contribution in [0.3, 0.4) is 0 Å². The van der Waals surface area contributed by atoms with Crippen LogP contribution in [0.1, 0.15) is 30.1 Å². The molecule has 0 radical (unpaired) electrons. The first-order chi connectivity index (χ1) is 12.2. The summed E-state index contributed by atoms with van der Waals surface area (Å²) in [6.07, 6.45) is 4.93. The molecule has 0 unspecified atom stereocenters. The van der Waals surface area contributed by atoms with Gasteiger partial charge in [-0.2, -0.15) is 0 Å². The lowest BCUT2D eigenvalue weighted by Crippen LogP contribution is -2.39. The lowest BCUT2D eigenvalue weighted by molar-refractivity contribution is -0.134. The van der Waals surface area contributed by atoms with E-state index >= 15 is 0 Å². The number of nitrogens with one attached hydrogen (secondary N) is 1. The first-order valence-corrected chi connectivity index (χ1v) is 8.73. The van der Waals surface area contributed by atoms with Gasteiger partial charge in [-0.3, -0.25) is 9.78 Å². The molecule has 1 aromatic heterocycles. The van der Waals surface area contributed by atoms with E-state index in [9.17, 15) is 4.79 Å². The Hall–Kier alpha value is -2.40. The van der Waals surface area contributed by atoms with Crippen molar-refractivity contribution in [2.24, 2.45) is 5.92 Å². The van der Waals surface area contributed by atoms with E-state index in [1.807, 2.05) is 12.1 Å². The fraction of sp³-hybridized carbons (Fsp3) is 0.400. The van der Waals surface area contributed by atoms with Crippen LogP contribution in [0.5, 0.6) is 5.75 Å². The third kappa shape index (κ3) is 4.79. The van der Waals surface area contributed by atoms with Crippen molar-refractivity contribution >= 4 is 5.91 Å². The predicted octanol–water partition coefficient (Wildman–Crippen LogP) is 3.05. The van der Waals surface area contributed by atoms with Crippen LogP contribution in [0.15, 0.2) is 48.8 Å². The SMILES string of the molecule is Cc1ccc([C@H]2OCCC[C@H]2C(=O)NCCOc2cccnc2)cc1. The lowest BCUT2D eigenvalue weighted by Gasteiger charge is -2.31. The molecule has 1 aromatic carbocycles. The molecule has 132 valence electrons. The molecule has 0 aliphatic carbocycles. The normalized spacial score (nSPS) is 20.0. The van der Waals surface area contributed by atoms with Crippen molar-refractivity contribution in [2.45, 2.75) is 25.9 Å². The number of aryl methyl sites for hydroxylation is 1. The number of hydrogen-bond acceptors (Lipinski definition) is 4. The van der Waals surface area contributed by atoms with Crippen molar-refractivity contribution in [3.05, 3.63) is 59.9 Å². The van der Waals surface area contributed by atoms with Crippen LogP contribution in [0.4, 0.5) is 0 Å². The molecule has 2 heterocycles. The maximum atomic E-state index is 12.6. The van der Waals surface area contributed by atoms with E-state index in [0.717, 1.165) is 18.4 Å². The number of pyridine rings is 1. The third-order valence-electron chi connectivity index (χ3n) is 4.37. The number of rotatable bonds is 6. The molecule has 1 aliphatic rings. The van der Waals surface area contributed by atoms with Crippen LogP contribution in [0, 0.1) is 12.8 Å². The lowest BCUT2D eigenvalue weighted by atomic mass is 9.88. The molecular weight excluding hydrogens is 316 g/mol. The Kier molecular flexibility index (Phi) is 6.01. The van der Waals surface area contributed by atoms with Gasteiger partial charge in [0.05, 0.1) is 24.8 Å². The molecule has 2 atom stereocenters. The smallest absolute Gasteiger partial charge is 0.226 e. The predicted molar refractivity (Wildman–Crippen MR) is 95.3 cm³/mol. The van der Waals surface area contributed by atoms with E-state index in [1.54, 1.807) is 12.4 Å². The number of amides is 1. The summed E-state index contributed by atoms with van der Waals surface area (Å²) in [6, 6.07) is 11.9. The number of carbonyl (C=O) groups excluding carboxylic acids is 1. The van der Waals surface area contributed by atoms with Crippen molar-refractivity contribution in [3.63, 3.8) is 0 Å². The first-order valence-electron chi connectivity index (χ1n) is 8.73. The average Bonchev–Trinajstić information content (AvgIpc) is 2.66. The van der Waals surface area contributed by atoms with Crippen molar-refractivity contribution in [3.8, 4) is 5.75 Å². The van der Waals surface area contributed by atoms with Gasteiger partial charge in [0.15, 0.2) is 0 Å². The highest BCUT2D eigenvalue weighted by atomic mass is 16.5. The Balaban J connectivity index is 1.53. The van der Waals surface area contributed by atoms with Gasteiger partial charge in [0, 0.05) is 12.8 Å². The highest BCUT2D eigenvalue weighted by Gasteiger charge is 2.32. The second-order valence-electron chi connectivity index (χ2n) is 6.28. The van der Waals surface area contributed by atoms with Crippen molar-refractivity contribution in [1.29, 1.82) is 0 Å². The standard InChI is InChI=1S/C20H24N2O3/c1-15-6-8-16(9-7-15)19-18(5-3-12-25-19)20(23)22-11-13-24-17-4-2-10-21-14-17/h2,4,6-10,14,18-19H,3,5,11-13H2,1H3,(H,22,23)/t18-,19-/m1/s1. The molecule has 0 bridgehead atoms. The fourth-order valence-corrected chi connectivity index (χ4v) is 3.04. The van der Waals surface area contributed by atoms with Gasteiger partial charge in [-0.05, 0) is 37.5 Å². The number of nitrogens with zero attached hydrogens (tertiary/aromatic N) is 1. The van der Waals surface area contributed by atoms with Crippen LogP contribution >= 0.6 is 0 Å². The number of aromatic nitrogens is 1. The minimum absolute atomic E-state index is 0.0278. The quantitative estimate of drug-likeness (QED) is 0.821. The zero-order chi connectivity index (χ0) is 17.5. The van der Waals surface area contributed by atoms with Gasteiger partial charge >= 0.3 is 0 Å². The maximum Gasteiger partial charge on any atom is 0.226 e. The highest BCUT2D eigenvalue weighted by molar-refractivity contribution is 5.79. The first kappa shape index (κ1) is 17.4. The van der Waals surface area contributed by atoms with Gasteiger partial charge in [0.25, 0.3) is 0 Å². The zero-order valence-corrected chi connectivity index (χ0v) is 14.5. The summed E-state index contributed by atoms with van der Waals surface area (Å²) in [4.78, 5) is 16.6. The molecule has 0 spiro atoms. The van der Waals surface area contributed by atoms with E-state index < -0.39 is 0 Å². The Morgan fingerprint density at radius 3 is 2.92 bits per heavy atom. The van der Waals surface area contributed by atoms with Crippen LogP contribution in [0.2, 0.25) is 0 Å². The van der Waals surface area contributed by atoms with Crippen LogP contribution in [-0.2, 0) is 9.53 Å². The third-order valence-corrected chi connectivity index (χ3v) is 4.37. The molecule has 2 aromatic rings. The van der Waals surface area contributed by atoms with Gasteiger partial charge in [-0.25, -0.2) is 0 Å². The number of carbonyl (C=O) groups is 1. The van der Waals surface area contributed by atoms with Crippen LogP contribution in [0.25, 0.3) is 0 Å².